The molecule has 1 aromatic carbocycles. The molecule has 2 aliphatic rings. The van der Waals surface area contributed by atoms with Crippen LogP contribution in [0.15, 0.2) is 18.2 Å². The Balaban J connectivity index is 1.55. The zero-order valence-electron chi connectivity index (χ0n) is 13.1. The molecule has 2 fully saturated rings. The number of amides is 1. The van der Waals surface area contributed by atoms with Crippen LogP contribution in [-0.2, 0) is 4.74 Å². The summed E-state index contributed by atoms with van der Waals surface area (Å²) in [5.74, 6) is 0.791. The van der Waals surface area contributed by atoms with Crippen LogP contribution in [0, 0.1) is 12.8 Å². The maximum Gasteiger partial charge on any atom is 0.254 e. The van der Waals surface area contributed by atoms with E-state index in [4.69, 9.17) is 16.3 Å². The van der Waals surface area contributed by atoms with Crippen LogP contribution in [0.2, 0.25) is 5.02 Å². The Labute approximate surface area is 137 Å². The minimum atomic E-state index is 0.123. The number of benzene rings is 1. The summed E-state index contributed by atoms with van der Waals surface area (Å²) < 4.78 is 5.44. The number of hydrogen-bond donors (Lipinski definition) is 0. The van der Waals surface area contributed by atoms with Crippen LogP contribution < -0.4 is 0 Å². The third-order valence-electron chi connectivity index (χ3n) is 4.62. The first-order valence-electron chi connectivity index (χ1n) is 7.99. The highest BCUT2D eigenvalue weighted by molar-refractivity contribution is 6.30. The lowest BCUT2D eigenvalue weighted by Crippen LogP contribution is -2.49. The molecule has 120 valence electrons. The van der Waals surface area contributed by atoms with E-state index in [9.17, 15) is 4.79 Å². The average Bonchev–Trinajstić information content (AvgIpc) is 3.00. The Morgan fingerprint density at radius 3 is 2.73 bits per heavy atom. The minimum absolute atomic E-state index is 0.123. The molecule has 22 heavy (non-hydrogen) atoms. The second-order valence-electron chi connectivity index (χ2n) is 6.28. The molecule has 0 bridgehead atoms. The fraction of sp³-hybridized carbons (Fsp3) is 0.588. The first-order chi connectivity index (χ1) is 10.6. The SMILES string of the molecule is Cc1cc(Cl)ccc1C(=O)N1CCN(CC2CCOC2)CC1. The number of carbonyl (C=O) groups is 1. The Morgan fingerprint density at radius 1 is 1.32 bits per heavy atom. The van der Waals surface area contributed by atoms with E-state index in [0.717, 1.165) is 57.1 Å². The largest absolute Gasteiger partial charge is 0.381 e. The molecule has 1 unspecified atom stereocenters. The molecule has 5 heteroatoms. The second-order valence-corrected chi connectivity index (χ2v) is 6.72. The van der Waals surface area contributed by atoms with Crippen LogP contribution in [0.5, 0.6) is 0 Å². The van der Waals surface area contributed by atoms with E-state index in [0.29, 0.717) is 10.9 Å². The van der Waals surface area contributed by atoms with Gasteiger partial charge in [0.15, 0.2) is 0 Å². The number of piperazine rings is 1. The van der Waals surface area contributed by atoms with Crippen molar-refractivity contribution in [2.45, 2.75) is 13.3 Å². The number of aryl methyl sites for hydroxylation is 1. The van der Waals surface area contributed by atoms with Gasteiger partial charge in [0, 0.05) is 49.9 Å². The zero-order valence-corrected chi connectivity index (χ0v) is 13.8. The standard InChI is InChI=1S/C17H23ClN2O2/c1-13-10-15(18)2-3-16(13)17(21)20-7-5-19(6-8-20)11-14-4-9-22-12-14/h2-3,10,14H,4-9,11-12H2,1H3. The fourth-order valence-electron chi connectivity index (χ4n) is 3.26. The Kier molecular flexibility index (Phi) is 5.01. The van der Waals surface area contributed by atoms with E-state index in [1.54, 1.807) is 6.07 Å². The van der Waals surface area contributed by atoms with E-state index >= 15 is 0 Å². The van der Waals surface area contributed by atoms with Crippen LogP contribution in [0.1, 0.15) is 22.3 Å². The van der Waals surface area contributed by atoms with Crippen molar-refractivity contribution in [2.24, 2.45) is 5.92 Å². The van der Waals surface area contributed by atoms with Gasteiger partial charge in [-0.1, -0.05) is 11.6 Å². The van der Waals surface area contributed by atoms with Crippen molar-refractivity contribution in [1.29, 1.82) is 0 Å². The smallest absolute Gasteiger partial charge is 0.254 e. The van der Waals surface area contributed by atoms with Crippen molar-refractivity contribution in [2.75, 3.05) is 45.9 Å². The third kappa shape index (κ3) is 3.62. The van der Waals surface area contributed by atoms with Crippen LogP contribution in [0.4, 0.5) is 0 Å². The lowest BCUT2D eigenvalue weighted by molar-refractivity contribution is 0.0610. The molecule has 0 saturated carbocycles. The van der Waals surface area contributed by atoms with Crippen LogP contribution in [0.25, 0.3) is 0 Å². The lowest BCUT2D eigenvalue weighted by Gasteiger charge is -2.36. The van der Waals surface area contributed by atoms with E-state index < -0.39 is 0 Å². The van der Waals surface area contributed by atoms with E-state index in [1.807, 2.05) is 24.0 Å². The summed E-state index contributed by atoms with van der Waals surface area (Å²) in [5, 5.41) is 0.678. The molecule has 0 aliphatic carbocycles. The summed E-state index contributed by atoms with van der Waals surface area (Å²) in [4.78, 5) is 17.0. The maximum atomic E-state index is 12.6. The number of carbonyl (C=O) groups excluding carboxylic acids is 1. The van der Waals surface area contributed by atoms with Crippen LogP contribution >= 0.6 is 11.6 Å². The van der Waals surface area contributed by atoms with E-state index in [-0.39, 0.29) is 5.91 Å². The zero-order chi connectivity index (χ0) is 15.5. The van der Waals surface area contributed by atoms with E-state index in [1.165, 1.54) is 6.42 Å². The number of halogens is 1. The number of nitrogens with zero attached hydrogens (tertiary/aromatic N) is 2. The van der Waals surface area contributed by atoms with Crippen molar-refractivity contribution in [3.63, 3.8) is 0 Å². The van der Waals surface area contributed by atoms with Crippen molar-refractivity contribution in [3.05, 3.63) is 34.3 Å². The molecule has 1 amide bonds. The number of hydrogen-bond acceptors (Lipinski definition) is 3. The quantitative estimate of drug-likeness (QED) is 0.857. The maximum absolute atomic E-state index is 12.6. The Bertz CT molecular complexity index is 535. The normalized spacial score (nSPS) is 23.0. The van der Waals surface area contributed by atoms with Gasteiger partial charge in [-0.25, -0.2) is 0 Å². The molecule has 1 aromatic rings. The summed E-state index contributed by atoms with van der Waals surface area (Å²) in [6.07, 6.45) is 1.17. The highest BCUT2D eigenvalue weighted by atomic mass is 35.5. The van der Waals surface area contributed by atoms with Gasteiger partial charge in [0.25, 0.3) is 5.91 Å². The van der Waals surface area contributed by atoms with Crippen molar-refractivity contribution in [1.82, 2.24) is 9.80 Å². The fourth-order valence-corrected chi connectivity index (χ4v) is 3.49. The topological polar surface area (TPSA) is 32.8 Å². The van der Waals surface area contributed by atoms with Gasteiger partial charge in [0.05, 0.1) is 6.61 Å². The summed E-state index contributed by atoms with van der Waals surface area (Å²) >= 11 is 5.97. The predicted octanol–water partition coefficient (Wildman–Crippen LogP) is 2.44. The van der Waals surface area contributed by atoms with Gasteiger partial charge >= 0.3 is 0 Å². The van der Waals surface area contributed by atoms with Gasteiger partial charge in [-0.2, -0.15) is 0 Å². The average molecular weight is 323 g/mol. The highest BCUT2D eigenvalue weighted by Crippen LogP contribution is 2.19. The van der Waals surface area contributed by atoms with Crippen LogP contribution in [0.3, 0.4) is 0 Å². The summed E-state index contributed by atoms with van der Waals surface area (Å²) in [6, 6.07) is 5.48. The molecule has 3 rings (SSSR count). The van der Waals surface area contributed by atoms with Gasteiger partial charge in [0.2, 0.25) is 0 Å². The van der Waals surface area contributed by atoms with Crippen molar-refractivity contribution >= 4 is 17.5 Å². The van der Waals surface area contributed by atoms with Gasteiger partial charge < -0.3 is 9.64 Å². The summed E-state index contributed by atoms with van der Waals surface area (Å²) in [7, 11) is 0. The second kappa shape index (κ2) is 6.99. The van der Waals surface area contributed by atoms with Crippen molar-refractivity contribution < 1.29 is 9.53 Å². The summed E-state index contributed by atoms with van der Waals surface area (Å²) in [6.45, 7) is 8.34. The molecule has 0 spiro atoms. The Morgan fingerprint density at radius 2 is 2.09 bits per heavy atom. The molecule has 0 aromatic heterocycles. The van der Waals surface area contributed by atoms with Gasteiger partial charge in [-0.15, -0.1) is 0 Å². The lowest BCUT2D eigenvalue weighted by atomic mass is 10.1. The van der Waals surface area contributed by atoms with Crippen LogP contribution in [-0.4, -0.2) is 61.6 Å². The molecule has 0 N–H and O–H groups in total. The molecular weight excluding hydrogens is 300 g/mol. The molecule has 2 saturated heterocycles. The molecule has 2 aliphatic heterocycles. The highest BCUT2D eigenvalue weighted by Gasteiger charge is 2.25. The van der Waals surface area contributed by atoms with Gasteiger partial charge in [0.1, 0.15) is 0 Å². The third-order valence-corrected chi connectivity index (χ3v) is 4.85. The summed E-state index contributed by atoms with van der Waals surface area (Å²) in [5.41, 5.74) is 1.71. The molecule has 4 nitrogen and oxygen atoms in total. The minimum Gasteiger partial charge on any atom is -0.381 e. The van der Waals surface area contributed by atoms with Crippen molar-refractivity contribution in [3.8, 4) is 0 Å². The molecule has 1 atom stereocenters. The first kappa shape index (κ1) is 15.8. The Hall–Kier alpha value is -1.10. The first-order valence-corrected chi connectivity index (χ1v) is 8.37. The van der Waals surface area contributed by atoms with Gasteiger partial charge in [-0.05, 0) is 43.0 Å². The number of ether oxygens (including phenoxy) is 1. The molecule has 0 radical (unpaired) electrons. The van der Waals surface area contributed by atoms with E-state index in [2.05, 4.69) is 4.90 Å². The molecule has 2 heterocycles. The number of rotatable bonds is 3. The monoisotopic (exact) mass is 322 g/mol. The molecular formula is C17H23ClN2O2. The predicted molar refractivity (Wildman–Crippen MR) is 87.5 cm³/mol. The van der Waals surface area contributed by atoms with Gasteiger partial charge in [-0.3, -0.25) is 9.69 Å².